The van der Waals surface area contributed by atoms with Crippen molar-refractivity contribution in [2.24, 2.45) is 0 Å². The fourth-order valence-corrected chi connectivity index (χ4v) is 4.44. The van der Waals surface area contributed by atoms with E-state index in [1.54, 1.807) is 11.3 Å². The summed E-state index contributed by atoms with van der Waals surface area (Å²) in [6.07, 6.45) is 3.91. The average molecular weight is 345 g/mol. The highest BCUT2D eigenvalue weighted by Gasteiger charge is 2.30. The predicted molar refractivity (Wildman–Crippen MR) is 96.7 cm³/mol. The van der Waals surface area contributed by atoms with Gasteiger partial charge in [0, 0.05) is 38.6 Å². The number of nitrogens with one attached hydrogen (secondary N) is 1. The van der Waals surface area contributed by atoms with Crippen LogP contribution in [0, 0.1) is 0 Å². The van der Waals surface area contributed by atoms with Gasteiger partial charge in [0.05, 0.1) is 5.39 Å². The van der Waals surface area contributed by atoms with Crippen LogP contribution < -0.4 is 10.2 Å². The van der Waals surface area contributed by atoms with Gasteiger partial charge in [0.25, 0.3) is 0 Å². The second-order valence-electron chi connectivity index (χ2n) is 6.45. The van der Waals surface area contributed by atoms with E-state index in [0.29, 0.717) is 6.04 Å². The molecule has 0 unspecified atom stereocenters. The van der Waals surface area contributed by atoms with Gasteiger partial charge in [-0.1, -0.05) is 6.92 Å². The van der Waals surface area contributed by atoms with Crippen LogP contribution in [0.25, 0.3) is 10.2 Å². The maximum absolute atomic E-state index is 12.1. The number of piperidine rings is 1. The van der Waals surface area contributed by atoms with E-state index in [1.165, 1.54) is 0 Å². The molecule has 6 nitrogen and oxygen atoms in total. The molecule has 2 aromatic rings. The summed E-state index contributed by atoms with van der Waals surface area (Å²) in [5, 5.41) is 6.21. The zero-order chi connectivity index (χ0) is 16.5. The Balaban J connectivity index is 1.51. The summed E-state index contributed by atoms with van der Waals surface area (Å²) in [5.41, 5.74) is 0. The molecule has 24 heavy (non-hydrogen) atoms. The molecule has 7 heteroatoms. The monoisotopic (exact) mass is 345 g/mol. The number of fused-ring (bicyclic) bond motifs is 1. The normalized spacial score (nSPS) is 19.8. The summed E-state index contributed by atoms with van der Waals surface area (Å²) in [6, 6.07) is 2.58. The van der Waals surface area contributed by atoms with E-state index in [9.17, 15) is 4.79 Å². The maximum atomic E-state index is 12.1. The third kappa shape index (κ3) is 2.81. The van der Waals surface area contributed by atoms with Gasteiger partial charge in [-0.25, -0.2) is 14.8 Å². The molecular formula is C17H23N5OS. The molecule has 2 amide bonds. The minimum absolute atomic E-state index is 0.107. The van der Waals surface area contributed by atoms with Crippen LogP contribution >= 0.6 is 11.3 Å². The topological polar surface area (TPSA) is 61.4 Å². The zero-order valence-electron chi connectivity index (χ0n) is 14.0. The van der Waals surface area contributed by atoms with Gasteiger partial charge < -0.3 is 15.1 Å². The minimum Gasteiger partial charge on any atom is -0.356 e. The van der Waals surface area contributed by atoms with Gasteiger partial charge in [0.2, 0.25) is 0 Å². The van der Waals surface area contributed by atoms with Gasteiger partial charge >= 0.3 is 6.03 Å². The zero-order valence-corrected chi connectivity index (χ0v) is 14.8. The Morgan fingerprint density at radius 2 is 2.12 bits per heavy atom. The molecule has 2 aliphatic heterocycles. The summed E-state index contributed by atoms with van der Waals surface area (Å²) < 4.78 is 0. The van der Waals surface area contributed by atoms with Crippen molar-refractivity contribution in [3.05, 3.63) is 17.3 Å². The number of carbonyl (C=O) groups is 1. The molecule has 2 aromatic heterocycles. The van der Waals surface area contributed by atoms with Gasteiger partial charge in [-0.15, -0.1) is 11.3 Å². The van der Waals surface area contributed by atoms with Crippen molar-refractivity contribution in [3.63, 3.8) is 0 Å². The Morgan fingerprint density at radius 3 is 2.88 bits per heavy atom. The maximum Gasteiger partial charge on any atom is 0.317 e. The lowest BCUT2D eigenvalue weighted by Crippen LogP contribution is -2.54. The number of urea groups is 1. The first-order valence-corrected chi connectivity index (χ1v) is 9.67. The van der Waals surface area contributed by atoms with Crippen LogP contribution in [0.1, 0.15) is 32.0 Å². The molecule has 4 rings (SSSR count). The highest BCUT2D eigenvalue weighted by molar-refractivity contribution is 7.16. The fourth-order valence-electron chi connectivity index (χ4n) is 3.67. The highest BCUT2D eigenvalue weighted by atomic mass is 32.1. The molecule has 128 valence electrons. The summed E-state index contributed by atoms with van der Waals surface area (Å²) in [4.78, 5) is 26.9. The first-order valence-electron chi connectivity index (χ1n) is 8.80. The second-order valence-corrected chi connectivity index (χ2v) is 7.35. The van der Waals surface area contributed by atoms with Crippen LogP contribution in [0.15, 0.2) is 11.4 Å². The number of hydrogen-bond donors (Lipinski definition) is 1. The molecule has 1 N–H and O–H groups in total. The largest absolute Gasteiger partial charge is 0.356 e. The summed E-state index contributed by atoms with van der Waals surface area (Å²) in [5.74, 6) is 1.98. The summed E-state index contributed by atoms with van der Waals surface area (Å²) in [6.45, 7) is 5.68. The molecule has 0 radical (unpaired) electrons. The molecule has 0 atom stereocenters. The number of aromatic nitrogens is 2. The first-order chi connectivity index (χ1) is 11.8. The van der Waals surface area contributed by atoms with E-state index in [2.05, 4.69) is 33.6 Å². The number of thiophene rings is 1. The molecular weight excluding hydrogens is 322 g/mol. The van der Waals surface area contributed by atoms with Gasteiger partial charge in [-0.2, -0.15) is 0 Å². The van der Waals surface area contributed by atoms with E-state index < -0.39 is 0 Å². The Bertz CT molecular complexity index is 738. The number of amides is 2. The molecule has 4 heterocycles. The van der Waals surface area contributed by atoms with Crippen LogP contribution in [-0.4, -0.2) is 53.1 Å². The van der Waals surface area contributed by atoms with Crippen molar-refractivity contribution in [2.45, 2.75) is 38.6 Å². The molecule has 2 aliphatic rings. The number of hydrogen-bond acceptors (Lipinski definition) is 5. The molecule has 0 saturated carbocycles. The number of nitrogens with zero attached hydrogens (tertiary/aromatic N) is 4. The van der Waals surface area contributed by atoms with Gasteiger partial charge in [-0.05, 0) is 30.7 Å². The standard InChI is InChI=1S/C17H23N5OS/c1-2-14-19-15(13-6-11-24-16(13)20-14)21-9-4-12(5-10-21)22-8-3-7-18-17(22)23/h6,11-12H,2-5,7-10H2,1H3,(H,18,23). The molecule has 0 aliphatic carbocycles. The predicted octanol–water partition coefficient (Wildman–Crippen LogP) is 2.64. The Morgan fingerprint density at radius 1 is 1.29 bits per heavy atom. The number of carbonyl (C=O) groups excluding carboxylic acids is 1. The number of rotatable bonds is 3. The van der Waals surface area contributed by atoms with Crippen molar-refractivity contribution in [1.29, 1.82) is 0 Å². The van der Waals surface area contributed by atoms with Crippen molar-refractivity contribution < 1.29 is 4.79 Å². The van der Waals surface area contributed by atoms with Gasteiger partial charge in [0.1, 0.15) is 16.5 Å². The summed E-state index contributed by atoms with van der Waals surface area (Å²) >= 11 is 1.68. The van der Waals surface area contributed by atoms with Gasteiger partial charge in [-0.3, -0.25) is 0 Å². The van der Waals surface area contributed by atoms with Crippen LogP contribution in [-0.2, 0) is 6.42 Å². The van der Waals surface area contributed by atoms with Crippen LogP contribution in [0.5, 0.6) is 0 Å². The Kier molecular flexibility index (Phi) is 4.26. The van der Waals surface area contributed by atoms with Crippen molar-refractivity contribution in [3.8, 4) is 0 Å². The van der Waals surface area contributed by atoms with E-state index in [1.807, 2.05) is 4.90 Å². The van der Waals surface area contributed by atoms with E-state index in [0.717, 1.165) is 73.7 Å². The number of anilines is 1. The lowest BCUT2D eigenvalue weighted by Gasteiger charge is -2.40. The lowest BCUT2D eigenvalue weighted by atomic mass is 10.0. The third-order valence-electron chi connectivity index (χ3n) is 4.99. The van der Waals surface area contributed by atoms with Crippen LogP contribution in [0.4, 0.5) is 10.6 Å². The van der Waals surface area contributed by atoms with E-state index in [4.69, 9.17) is 4.98 Å². The molecule has 0 spiro atoms. The lowest BCUT2D eigenvalue weighted by molar-refractivity contribution is 0.149. The van der Waals surface area contributed by atoms with E-state index in [-0.39, 0.29) is 6.03 Å². The Hall–Kier alpha value is -1.89. The fraction of sp³-hybridized carbons (Fsp3) is 0.588. The van der Waals surface area contributed by atoms with Crippen molar-refractivity contribution in [2.75, 3.05) is 31.1 Å². The SMILES string of the molecule is CCc1nc(N2CCC(N3CCCNC3=O)CC2)c2ccsc2n1. The molecule has 0 aromatic carbocycles. The summed E-state index contributed by atoms with van der Waals surface area (Å²) in [7, 11) is 0. The van der Waals surface area contributed by atoms with Crippen LogP contribution in [0.2, 0.25) is 0 Å². The smallest absolute Gasteiger partial charge is 0.317 e. The van der Waals surface area contributed by atoms with Crippen molar-refractivity contribution >= 4 is 33.4 Å². The van der Waals surface area contributed by atoms with E-state index >= 15 is 0 Å². The Labute approximate surface area is 145 Å². The highest BCUT2D eigenvalue weighted by Crippen LogP contribution is 2.30. The molecule has 2 saturated heterocycles. The number of aryl methyl sites for hydroxylation is 1. The van der Waals surface area contributed by atoms with Crippen molar-refractivity contribution in [1.82, 2.24) is 20.2 Å². The molecule has 0 bridgehead atoms. The quantitative estimate of drug-likeness (QED) is 0.929. The minimum atomic E-state index is 0.107. The first kappa shape index (κ1) is 15.6. The van der Waals surface area contributed by atoms with Gasteiger partial charge in [0.15, 0.2) is 0 Å². The third-order valence-corrected chi connectivity index (χ3v) is 5.79. The average Bonchev–Trinajstić information content (AvgIpc) is 3.10. The van der Waals surface area contributed by atoms with Crippen LogP contribution in [0.3, 0.4) is 0 Å². The molecule has 2 fully saturated rings. The second kappa shape index (κ2) is 6.55.